The van der Waals surface area contributed by atoms with Crippen LogP contribution in [0.25, 0.3) is 33.5 Å². The van der Waals surface area contributed by atoms with Crippen LogP contribution >= 0.6 is 11.6 Å². The molecule has 2 aromatic heterocycles. The Morgan fingerprint density at radius 2 is 1.66 bits per heavy atom. The summed E-state index contributed by atoms with van der Waals surface area (Å²) in [5, 5.41) is 16.3. The molecule has 0 saturated carbocycles. The van der Waals surface area contributed by atoms with E-state index in [-0.39, 0.29) is 34.8 Å². The average molecular weight is 677 g/mol. The molecule has 1 amide bonds. The van der Waals surface area contributed by atoms with Crippen LogP contribution in [0.15, 0.2) is 78.9 Å². The lowest BCUT2D eigenvalue weighted by molar-refractivity contribution is -0.274. The lowest BCUT2D eigenvalue weighted by Crippen LogP contribution is -2.26. The number of rotatable bonds is 9. The molecule has 244 valence electrons. The van der Waals surface area contributed by atoms with E-state index in [9.17, 15) is 35.9 Å². The molecule has 2 N–H and O–H groups in total. The van der Waals surface area contributed by atoms with Gasteiger partial charge in [0.1, 0.15) is 5.75 Å². The molecular formula is C32H23ClF6N4O4. The number of benzene rings is 3. The lowest BCUT2D eigenvalue weighted by Gasteiger charge is -2.17. The standard InChI is InChI=1S/C32H23ClF6N4O4/c1-17(18-2-4-19(5-3-18)30(46)40-13-12-29(44)45)43-28(16-27(42-43)23-15-21(31(34,35)36)7-9-24(23)33)26-10-6-20-14-22(47-32(37,38)39)8-11-25(20)41-26/h2-11,14-17H,12-13H2,1H3,(H,40,46)(H,44,45). The van der Waals surface area contributed by atoms with Gasteiger partial charge in [0.15, 0.2) is 0 Å². The number of hydrogen-bond donors (Lipinski definition) is 2. The quantitative estimate of drug-likeness (QED) is 0.153. The first kappa shape index (κ1) is 33.3. The van der Waals surface area contributed by atoms with Crippen molar-refractivity contribution in [2.24, 2.45) is 0 Å². The summed E-state index contributed by atoms with van der Waals surface area (Å²) in [5.74, 6) is -1.97. The topological polar surface area (TPSA) is 106 Å². The van der Waals surface area contributed by atoms with Gasteiger partial charge >= 0.3 is 18.5 Å². The highest BCUT2D eigenvalue weighted by molar-refractivity contribution is 6.33. The Balaban J connectivity index is 1.56. The fraction of sp³-hybridized carbons (Fsp3) is 0.188. The van der Waals surface area contributed by atoms with E-state index < -0.39 is 41.8 Å². The van der Waals surface area contributed by atoms with Crippen molar-refractivity contribution in [1.82, 2.24) is 20.1 Å². The van der Waals surface area contributed by atoms with Crippen molar-refractivity contribution < 1.29 is 45.8 Å². The van der Waals surface area contributed by atoms with E-state index in [0.717, 1.165) is 24.3 Å². The Morgan fingerprint density at radius 3 is 2.32 bits per heavy atom. The van der Waals surface area contributed by atoms with E-state index in [2.05, 4.69) is 20.1 Å². The molecule has 8 nitrogen and oxygen atoms in total. The minimum atomic E-state index is -4.88. The van der Waals surface area contributed by atoms with E-state index in [1.54, 1.807) is 19.1 Å². The van der Waals surface area contributed by atoms with Crippen molar-refractivity contribution in [3.63, 3.8) is 0 Å². The van der Waals surface area contributed by atoms with Crippen LogP contribution in [0.2, 0.25) is 5.02 Å². The van der Waals surface area contributed by atoms with Gasteiger partial charge in [-0.15, -0.1) is 13.2 Å². The molecule has 0 radical (unpaired) electrons. The summed E-state index contributed by atoms with van der Waals surface area (Å²) in [6.45, 7) is 1.71. The maximum absolute atomic E-state index is 13.6. The molecule has 1 unspecified atom stereocenters. The van der Waals surface area contributed by atoms with Crippen LogP contribution in [0.4, 0.5) is 26.3 Å². The number of carboxylic acid groups (broad SMARTS) is 1. The molecule has 3 aromatic carbocycles. The Hall–Kier alpha value is -5.11. The number of amides is 1. The summed E-state index contributed by atoms with van der Waals surface area (Å²) in [5.41, 5.74) is 1.08. The minimum Gasteiger partial charge on any atom is -0.481 e. The first-order chi connectivity index (χ1) is 22.1. The van der Waals surface area contributed by atoms with Crippen LogP contribution in [0.5, 0.6) is 5.75 Å². The van der Waals surface area contributed by atoms with Gasteiger partial charge in [-0.2, -0.15) is 18.3 Å². The molecule has 0 aliphatic rings. The van der Waals surface area contributed by atoms with Crippen LogP contribution in [0.3, 0.4) is 0 Å². The number of nitrogens with zero attached hydrogens (tertiary/aromatic N) is 3. The van der Waals surface area contributed by atoms with Crippen molar-refractivity contribution in [3.8, 4) is 28.4 Å². The monoisotopic (exact) mass is 676 g/mol. The first-order valence-corrected chi connectivity index (χ1v) is 14.2. The SMILES string of the molecule is CC(c1ccc(C(=O)NCCC(=O)O)cc1)n1nc(-c2cc(C(F)(F)F)ccc2Cl)cc1-c1ccc2cc(OC(F)(F)F)ccc2n1. The number of carbonyl (C=O) groups excluding carboxylic acids is 1. The van der Waals surface area contributed by atoms with Gasteiger partial charge in [-0.25, -0.2) is 4.98 Å². The van der Waals surface area contributed by atoms with E-state index in [1.165, 1.54) is 47.1 Å². The van der Waals surface area contributed by atoms with Crippen molar-refractivity contribution in [2.75, 3.05) is 6.54 Å². The summed E-state index contributed by atoms with van der Waals surface area (Å²) in [4.78, 5) is 27.7. The van der Waals surface area contributed by atoms with Gasteiger partial charge in [0, 0.05) is 23.1 Å². The third-order valence-corrected chi connectivity index (χ3v) is 7.44. The zero-order valence-electron chi connectivity index (χ0n) is 24.2. The van der Waals surface area contributed by atoms with Crippen molar-refractivity contribution >= 4 is 34.4 Å². The van der Waals surface area contributed by atoms with Crippen LogP contribution in [-0.2, 0) is 11.0 Å². The van der Waals surface area contributed by atoms with Crippen LogP contribution < -0.4 is 10.1 Å². The summed E-state index contributed by atoms with van der Waals surface area (Å²) < 4.78 is 84.4. The zero-order chi connectivity index (χ0) is 34.1. The Morgan fingerprint density at radius 1 is 0.936 bits per heavy atom. The Kier molecular flexibility index (Phi) is 9.16. The summed E-state index contributed by atoms with van der Waals surface area (Å²) >= 11 is 6.33. The third-order valence-electron chi connectivity index (χ3n) is 7.11. The summed E-state index contributed by atoms with van der Waals surface area (Å²) in [6.07, 6.45) is -9.77. The first-order valence-electron chi connectivity index (χ1n) is 13.8. The van der Waals surface area contributed by atoms with Crippen molar-refractivity contribution in [1.29, 1.82) is 0 Å². The van der Waals surface area contributed by atoms with E-state index >= 15 is 0 Å². The second kappa shape index (κ2) is 12.9. The number of nitrogens with one attached hydrogen (secondary N) is 1. The van der Waals surface area contributed by atoms with E-state index in [4.69, 9.17) is 16.7 Å². The lowest BCUT2D eigenvalue weighted by atomic mass is 10.0. The molecule has 5 rings (SSSR count). The highest BCUT2D eigenvalue weighted by Crippen LogP contribution is 2.38. The number of carbonyl (C=O) groups is 2. The largest absolute Gasteiger partial charge is 0.573 e. The van der Waals surface area contributed by atoms with Crippen LogP contribution in [-0.4, -0.2) is 44.7 Å². The Bertz CT molecular complexity index is 1960. The number of alkyl halides is 6. The molecule has 0 bridgehead atoms. The number of ether oxygens (including phenoxy) is 1. The maximum Gasteiger partial charge on any atom is 0.573 e. The second-order valence-corrected chi connectivity index (χ2v) is 10.8. The molecule has 0 fully saturated rings. The molecule has 5 aromatic rings. The van der Waals surface area contributed by atoms with Crippen molar-refractivity contribution in [3.05, 3.63) is 101 Å². The molecule has 1 atom stereocenters. The molecule has 0 spiro atoms. The van der Waals surface area contributed by atoms with Gasteiger partial charge in [0.05, 0.1) is 45.6 Å². The number of carboxylic acids is 1. The summed E-state index contributed by atoms with van der Waals surface area (Å²) in [6, 6.07) is 16.8. The average Bonchev–Trinajstić information content (AvgIpc) is 3.44. The molecule has 0 aliphatic carbocycles. The van der Waals surface area contributed by atoms with Gasteiger partial charge in [0.25, 0.3) is 5.91 Å². The predicted molar refractivity (Wildman–Crippen MR) is 160 cm³/mol. The fourth-order valence-electron chi connectivity index (χ4n) is 4.79. The highest BCUT2D eigenvalue weighted by Gasteiger charge is 2.32. The summed E-state index contributed by atoms with van der Waals surface area (Å²) in [7, 11) is 0. The minimum absolute atomic E-state index is 0.0109. The van der Waals surface area contributed by atoms with Gasteiger partial charge < -0.3 is 15.2 Å². The van der Waals surface area contributed by atoms with Gasteiger partial charge in [-0.1, -0.05) is 29.8 Å². The van der Waals surface area contributed by atoms with E-state index in [0.29, 0.717) is 27.9 Å². The van der Waals surface area contributed by atoms with Gasteiger partial charge in [-0.3, -0.25) is 14.3 Å². The molecular weight excluding hydrogens is 654 g/mol. The van der Waals surface area contributed by atoms with Gasteiger partial charge in [0.2, 0.25) is 0 Å². The molecule has 2 heterocycles. The van der Waals surface area contributed by atoms with Gasteiger partial charge in [-0.05, 0) is 73.2 Å². The number of aromatic nitrogens is 3. The number of aliphatic carboxylic acids is 1. The molecule has 0 aliphatic heterocycles. The normalized spacial score (nSPS) is 12.6. The predicted octanol–water partition coefficient (Wildman–Crippen LogP) is 8.15. The number of fused-ring (bicyclic) bond motifs is 1. The highest BCUT2D eigenvalue weighted by atomic mass is 35.5. The fourth-order valence-corrected chi connectivity index (χ4v) is 5.01. The zero-order valence-corrected chi connectivity index (χ0v) is 24.9. The molecule has 0 saturated heterocycles. The van der Waals surface area contributed by atoms with Crippen molar-refractivity contribution in [2.45, 2.75) is 31.9 Å². The maximum atomic E-state index is 13.6. The smallest absolute Gasteiger partial charge is 0.481 e. The Labute approximate surface area is 267 Å². The molecule has 47 heavy (non-hydrogen) atoms. The van der Waals surface area contributed by atoms with Crippen LogP contribution in [0, 0.1) is 0 Å². The number of pyridine rings is 1. The number of hydrogen-bond acceptors (Lipinski definition) is 5. The molecule has 15 heteroatoms. The number of halogens is 7. The second-order valence-electron chi connectivity index (χ2n) is 10.3. The third kappa shape index (κ3) is 7.83. The van der Waals surface area contributed by atoms with Crippen LogP contribution in [0.1, 0.15) is 40.9 Å². The van der Waals surface area contributed by atoms with E-state index in [1.807, 2.05) is 0 Å².